The second-order valence-corrected chi connectivity index (χ2v) is 11.7. The number of fused-ring (bicyclic) bond motifs is 1. The third-order valence-electron chi connectivity index (χ3n) is 2.10. The van der Waals surface area contributed by atoms with Crippen LogP contribution in [0.1, 0.15) is 0 Å². The molecule has 0 N–H and O–H groups in total. The molecule has 0 saturated carbocycles. The van der Waals surface area contributed by atoms with Crippen molar-refractivity contribution in [2.24, 2.45) is 0 Å². The Morgan fingerprint density at radius 1 is 0.889 bits per heavy atom. The first-order valence-corrected chi connectivity index (χ1v) is 13.5. The molecule has 0 nitrogen and oxygen atoms in total. The van der Waals surface area contributed by atoms with Crippen LogP contribution in [0, 0.1) is 0 Å². The third kappa shape index (κ3) is 7.06. The van der Waals surface area contributed by atoms with Crippen LogP contribution < -0.4 is 0 Å². The Bertz CT molecular complexity index is 501. The van der Waals surface area contributed by atoms with Crippen molar-refractivity contribution in [3.05, 3.63) is 72.8 Å². The van der Waals surface area contributed by atoms with Crippen LogP contribution in [0.2, 0.25) is 0 Å². The molecule has 0 heterocycles. The Morgan fingerprint density at radius 3 is 2.00 bits per heavy atom. The molecule has 3 heteroatoms. The minimum absolute atomic E-state index is 1.33. The average Bonchev–Trinajstić information content (AvgIpc) is 3.03. The standard InChI is InChI=1S/C9H7.C5H5.CH2.2ClH.Zr/c1-2-5-9-7-3-6-8(9)4-1;1-2-4-5-3-1;;;;/h1-7H;1-5H;1H2;2*1H;/q2*-1;;;;+2/p-2. The van der Waals surface area contributed by atoms with Gasteiger partial charge in [-0.25, -0.2) is 12.1 Å². The summed E-state index contributed by atoms with van der Waals surface area (Å²) in [6.07, 6.45) is 0. The molecule has 0 atom stereocenters. The molecule has 0 aliphatic carbocycles. The molecule has 0 fully saturated rings. The topological polar surface area (TPSA) is 0 Å². The minimum Gasteiger partial charge on any atom is -0.214 e. The van der Waals surface area contributed by atoms with Crippen LogP contribution in [0.3, 0.4) is 0 Å². The first kappa shape index (κ1) is 15.6. The van der Waals surface area contributed by atoms with Crippen molar-refractivity contribution >= 4 is 32.0 Å². The number of hydrogen-bond donors (Lipinski definition) is 0. The Kier molecular flexibility index (Phi) is 8.17. The van der Waals surface area contributed by atoms with Gasteiger partial charge in [0.15, 0.2) is 0 Å². The fraction of sp³-hybridized carbons (Fsp3) is 0. The normalized spacial score (nSPS) is 8.78. The zero-order valence-electron chi connectivity index (χ0n) is 9.89. The first-order valence-electron chi connectivity index (χ1n) is 5.47. The molecule has 3 aromatic carbocycles. The van der Waals surface area contributed by atoms with Crippen LogP contribution in [0.5, 0.6) is 0 Å². The van der Waals surface area contributed by atoms with Crippen molar-refractivity contribution in [2.75, 3.05) is 0 Å². The molecule has 0 spiro atoms. The zero-order chi connectivity index (χ0) is 13.2. The molecule has 18 heavy (non-hydrogen) atoms. The van der Waals surface area contributed by atoms with Gasteiger partial charge in [-0.1, -0.05) is 6.07 Å². The summed E-state index contributed by atoms with van der Waals surface area (Å²) in [5.74, 6) is 0. The molecule has 0 unspecified atom stereocenters. The molecular formula is C15H14Cl2Zr-2. The fourth-order valence-corrected chi connectivity index (χ4v) is 1.39. The summed E-state index contributed by atoms with van der Waals surface area (Å²) in [4.78, 5) is 0. The summed E-state index contributed by atoms with van der Waals surface area (Å²) < 4.78 is 3.37. The van der Waals surface area contributed by atoms with Gasteiger partial charge in [-0.3, -0.25) is 0 Å². The van der Waals surface area contributed by atoms with E-state index in [-0.39, 0.29) is 0 Å². The number of benzene rings is 1. The smallest absolute Gasteiger partial charge is 0.0809 e. The molecule has 0 aliphatic rings. The fourth-order valence-electron chi connectivity index (χ4n) is 1.39. The predicted molar refractivity (Wildman–Crippen MR) is 80.4 cm³/mol. The number of rotatable bonds is 0. The van der Waals surface area contributed by atoms with Crippen LogP contribution in [0.25, 0.3) is 10.8 Å². The van der Waals surface area contributed by atoms with Gasteiger partial charge in [0.25, 0.3) is 0 Å². The molecule has 0 radical (unpaired) electrons. The summed E-state index contributed by atoms with van der Waals surface area (Å²) in [5.41, 5.74) is 0. The van der Waals surface area contributed by atoms with Crippen LogP contribution >= 0.6 is 17.0 Å². The molecule has 3 rings (SSSR count). The van der Waals surface area contributed by atoms with Gasteiger partial charge in [0.2, 0.25) is 0 Å². The van der Waals surface area contributed by atoms with Crippen molar-refractivity contribution < 1.29 is 18.9 Å². The largest absolute Gasteiger partial charge is 0.214 e. The molecule has 0 aromatic heterocycles. The van der Waals surface area contributed by atoms with Gasteiger partial charge in [0, 0.05) is 0 Å². The molecule has 3 aromatic rings. The monoisotopic (exact) mass is 354 g/mol. The van der Waals surface area contributed by atoms with E-state index in [1.54, 1.807) is 0 Å². The van der Waals surface area contributed by atoms with Gasteiger partial charge in [0.05, 0.1) is 0 Å². The SMILES string of the molecule is [CH2]=[Zr]([Cl])[Cl].c1cc[cH-]c1.c1ccc2[cH-]ccc2c1. The second kappa shape index (κ2) is 9.44. The van der Waals surface area contributed by atoms with E-state index in [1.165, 1.54) is 10.8 Å². The molecule has 94 valence electrons. The predicted octanol–water partition coefficient (Wildman–Crippen LogP) is 5.31. The van der Waals surface area contributed by atoms with Crippen molar-refractivity contribution in [3.8, 4) is 0 Å². The number of halogens is 2. The summed E-state index contributed by atoms with van der Waals surface area (Å²) >= 11 is -1.85. The molecule has 0 amide bonds. The van der Waals surface area contributed by atoms with Crippen LogP contribution in [0.4, 0.5) is 0 Å². The Hall–Kier alpha value is -0.487. The van der Waals surface area contributed by atoms with Crippen molar-refractivity contribution in [2.45, 2.75) is 0 Å². The van der Waals surface area contributed by atoms with Gasteiger partial charge >= 0.3 is 40.1 Å². The summed E-state index contributed by atoms with van der Waals surface area (Å²) in [7, 11) is 10.3. The van der Waals surface area contributed by atoms with Crippen LogP contribution in [0.15, 0.2) is 72.8 Å². The van der Waals surface area contributed by atoms with E-state index in [4.69, 9.17) is 17.0 Å². The van der Waals surface area contributed by atoms with E-state index >= 15 is 0 Å². The summed E-state index contributed by atoms with van der Waals surface area (Å²) in [5, 5.41) is 2.66. The quantitative estimate of drug-likeness (QED) is 0.479. The Balaban J connectivity index is 0.000000154. The summed E-state index contributed by atoms with van der Waals surface area (Å²) in [6, 6.07) is 24.7. The van der Waals surface area contributed by atoms with Gasteiger partial charge in [-0.2, -0.15) is 35.7 Å². The molecular weight excluding hydrogens is 342 g/mol. The summed E-state index contributed by atoms with van der Waals surface area (Å²) in [6.45, 7) is 0. The van der Waals surface area contributed by atoms with Crippen LogP contribution in [-0.4, -0.2) is 4.21 Å². The van der Waals surface area contributed by atoms with Crippen molar-refractivity contribution in [1.29, 1.82) is 0 Å². The Labute approximate surface area is 123 Å². The van der Waals surface area contributed by atoms with Crippen molar-refractivity contribution in [3.63, 3.8) is 0 Å². The number of hydrogen-bond acceptors (Lipinski definition) is 0. The van der Waals surface area contributed by atoms with Gasteiger partial charge in [-0.05, 0) is 0 Å². The van der Waals surface area contributed by atoms with E-state index in [9.17, 15) is 0 Å². The first-order chi connectivity index (χ1) is 8.70. The molecule has 0 saturated heterocycles. The zero-order valence-corrected chi connectivity index (χ0v) is 13.9. The second-order valence-electron chi connectivity index (χ2n) is 3.46. The maximum atomic E-state index is 5.13. The average molecular weight is 356 g/mol. The molecule has 0 aliphatic heterocycles. The minimum atomic E-state index is -1.85. The maximum Gasteiger partial charge on any atom is -0.0809 e. The van der Waals surface area contributed by atoms with Gasteiger partial charge in [0.1, 0.15) is 0 Å². The van der Waals surface area contributed by atoms with E-state index in [1.807, 2.05) is 30.3 Å². The van der Waals surface area contributed by atoms with E-state index in [0.717, 1.165) is 0 Å². The van der Waals surface area contributed by atoms with Crippen molar-refractivity contribution in [1.82, 2.24) is 0 Å². The third-order valence-corrected chi connectivity index (χ3v) is 2.10. The van der Waals surface area contributed by atoms with Gasteiger partial charge in [-0.15, -0.1) is 29.7 Å². The van der Waals surface area contributed by atoms with E-state index in [2.05, 4.69) is 46.7 Å². The van der Waals surface area contributed by atoms with Gasteiger partial charge < -0.3 is 0 Å². The van der Waals surface area contributed by atoms with E-state index < -0.39 is 18.9 Å². The molecule has 0 bridgehead atoms. The Morgan fingerprint density at radius 2 is 1.50 bits per heavy atom. The van der Waals surface area contributed by atoms with Crippen LogP contribution in [-0.2, 0) is 18.9 Å². The maximum absolute atomic E-state index is 5.13. The van der Waals surface area contributed by atoms with E-state index in [0.29, 0.717) is 0 Å².